The summed E-state index contributed by atoms with van der Waals surface area (Å²) in [6.07, 6.45) is 1.70. The minimum absolute atomic E-state index is 0.0419. The first kappa shape index (κ1) is 15.9. The molecule has 0 fully saturated rings. The van der Waals surface area contributed by atoms with Crippen molar-refractivity contribution in [3.63, 3.8) is 0 Å². The molecule has 0 bridgehead atoms. The molecule has 1 N–H and O–H groups in total. The zero-order valence-corrected chi connectivity index (χ0v) is 13.7. The molecule has 5 heteroatoms. The Morgan fingerprint density at radius 3 is 2.76 bits per heavy atom. The average Bonchev–Trinajstić information content (AvgIpc) is 2.85. The summed E-state index contributed by atoms with van der Waals surface area (Å²) in [6, 6.07) is 6.13. The van der Waals surface area contributed by atoms with Gasteiger partial charge in [0.15, 0.2) is 0 Å². The number of nitrogens with zero attached hydrogens (tertiary/aromatic N) is 2. The van der Waals surface area contributed by atoms with E-state index in [1.165, 1.54) is 5.56 Å². The topological polar surface area (TPSA) is 39.1 Å². The summed E-state index contributed by atoms with van der Waals surface area (Å²) >= 11 is 6.38. The Labute approximate surface area is 131 Å². The molecule has 21 heavy (non-hydrogen) atoms. The summed E-state index contributed by atoms with van der Waals surface area (Å²) in [7, 11) is 1.69. The van der Waals surface area contributed by atoms with E-state index in [-0.39, 0.29) is 6.04 Å². The Balaban J connectivity index is 2.58. The lowest BCUT2D eigenvalue weighted by Crippen LogP contribution is -2.25. The predicted molar refractivity (Wildman–Crippen MR) is 86.2 cm³/mol. The van der Waals surface area contributed by atoms with Crippen LogP contribution in [0.3, 0.4) is 0 Å². The molecule has 1 aromatic carbocycles. The van der Waals surface area contributed by atoms with Crippen LogP contribution < -0.4 is 10.1 Å². The number of nitrogens with one attached hydrogen (secondary N) is 1. The van der Waals surface area contributed by atoms with Gasteiger partial charge in [0.05, 0.1) is 30.1 Å². The van der Waals surface area contributed by atoms with Crippen LogP contribution in [0.2, 0.25) is 5.02 Å². The van der Waals surface area contributed by atoms with Crippen molar-refractivity contribution in [3.8, 4) is 5.75 Å². The Morgan fingerprint density at radius 1 is 1.38 bits per heavy atom. The molecular weight excluding hydrogens is 286 g/mol. The number of hydrogen-bond acceptors (Lipinski definition) is 3. The number of methoxy groups -OCH3 is 1. The van der Waals surface area contributed by atoms with Crippen LogP contribution in [0.5, 0.6) is 5.75 Å². The van der Waals surface area contributed by atoms with Crippen molar-refractivity contribution in [1.82, 2.24) is 15.1 Å². The van der Waals surface area contributed by atoms with Gasteiger partial charge in [-0.2, -0.15) is 5.10 Å². The fourth-order valence-electron chi connectivity index (χ4n) is 2.55. The molecule has 0 spiro atoms. The summed E-state index contributed by atoms with van der Waals surface area (Å²) < 4.78 is 7.45. The van der Waals surface area contributed by atoms with Crippen LogP contribution in [0.15, 0.2) is 24.4 Å². The third-order valence-electron chi connectivity index (χ3n) is 3.51. The van der Waals surface area contributed by atoms with Crippen LogP contribution in [-0.2, 0) is 6.54 Å². The third kappa shape index (κ3) is 3.22. The van der Waals surface area contributed by atoms with E-state index in [9.17, 15) is 0 Å². The molecule has 0 aliphatic rings. The molecule has 0 aliphatic heterocycles. The van der Waals surface area contributed by atoms with E-state index in [4.69, 9.17) is 16.3 Å². The van der Waals surface area contributed by atoms with Crippen molar-refractivity contribution in [1.29, 1.82) is 0 Å². The highest BCUT2D eigenvalue weighted by atomic mass is 35.5. The summed E-state index contributed by atoms with van der Waals surface area (Å²) in [6.45, 7) is 7.81. The molecule has 4 nitrogen and oxygen atoms in total. The Hall–Kier alpha value is -1.52. The lowest BCUT2D eigenvalue weighted by molar-refractivity contribution is 0.402. The van der Waals surface area contributed by atoms with Gasteiger partial charge in [-0.15, -0.1) is 0 Å². The molecule has 1 unspecified atom stereocenters. The Bertz CT molecular complexity index is 610. The number of hydrogen-bond donors (Lipinski definition) is 1. The zero-order valence-electron chi connectivity index (χ0n) is 13.0. The van der Waals surface area contributed by atoms with Crippen LogP contribution in [0, 0.1) is 6.92 Å². The second-order valence-electron chi connectivity index (χ2n) is 4.93. The van der Waals surface area contributed by atoms with Crippen LogP contribution in [0.4, 0.5) is 0 Å². The van der Waals surface area contributed by atoms with E-state index < -0.39 is 0 Å². The molecule has 1 aromatic heterocycles. The lowest BCUT2D eigenvalue weighted by atomic mass is 10.00. The monoisotopic (exact) mass is 307 g/mol. The van der Waals surface area contributed by atoms with Crippen LogP contribution in [0.25, 0.3) is 0 Å². The maximum Gasteiger partial charge on any atom is 0.124 e. The van der Waals surface area contributed by atoms with E-state index >= 15 is 0 Å². The molecule has 114 valence electrons. The fourth-order valence-corrected chi connectivity index (χ4v) is 2.80. The van der Waals surface area contributed by atoms with E-state index in [2.05, 4.69) is 37.3 Å². The summed E-state index contributed by atoms with van der Waals surface area (Å²) in [5.74, 6) is 0.853. The number of aromatic nitrogens is 2. The molecule has 0 saturated heterocycles. The highest BCUT2D eigenvalue weighted by molar-refractivity contribution is 6.31. The Kier molecular flexibility index (Phi) is 5.26. The second-order valence-corrected chi connectivity index (χ2v) is 5.34. The highest BCUT2D eigenvalue weighted by Gasteiger charge is 2.24. The van der Waals surface area contributed by atoms with Gasteiger partial charge in [0.1, 0.15) is 5.75 Å². The molecule has 0 saturated carbocycles. The molecule has 0 aliphatic carbocycles. The van der Waals surface area contributed by atoms with Crippen molar-refractivity contribution in [2.45, 2.75) is 33.4 Å². The standard InChI is InChI=1S/C16H22ClN3O/c1-5-18-15(16-13(17)10-19-20(16)6-2)12-9-11(3)7-8-14(12)21-4/h7-10,15,18H,5-6H2,1-4H3. The summed E-state index contributed by atoms with van der Waals surface area (Å²) in [5, 5.41) is 8.51. The fraction of sp³-hybridized carbons (Fsp3) is 0.438. The van der Waals surface area contributed by atoms with Gasteiger partial charge in [0.25, 0.3) is 0 Å². The molecule has 1 atom stereocenters. The van der Waals surface area contributed by atoms with E-state index in [0.717, 1.165) is 30.1 Å². The smallest absolute Gasteiger partial charge is 0.124 e. The number of benzene rings is 1. The molecule has 0 radical (unpaired) electrons. The van der Waals surface area contributed by atoms with E-state index in [0.29, 0.717) is 5.02 Å². The van der Waals surface area contributed by atoms with Crippen molar-refractivity contribution in [2.75, 3.05) is 13.7 Å². The van der Waals surface area contributed by atoms with Crippen molar-refractivity contribution >= 4 is 11.6 Å². The first-order chi connectivity index (χ1) is 10.1. The number of rotatable bonds is 6. The SMILES string of the molecule is CCNC(c1cc(C)ccc1OC)c1c(Cl)cnn1CC. The molecule has 1 heterocycles. The minimum Gasteiger partial charge on any atom is -0.496 e. The normalized spacial score (nSPS) is 12.4. The summed E-state index contributed by atoms with van der Waals surface area (Å²) in [5.41, 5.74) is 3.24. The largest absolute Gasteiger partial charge is 0.496 e. The Morgan fingerprint density at radius 2 is 2.14 bits per heavy atom. The van der Waals surface area contributed by atoms with Crippen LogP contribution in [-0.4, -0.2) is 23.4 Å². The van der Waals surface area contributed by atoms with Crippen molar-refractivity contribution < 1.29 is 4.74 Å². The van der Waals surface area contributed by atoms with Gasteiger partial charge in [0, 0.05) is 12.1 Å². The first-order valence-electron chi connectivity index (χ1n) is 7.21. The minimum atomic E-state index is -0.0419. The van der Waals surface area contributed by atoms with Gasteiger partial charge in [0.2, 0.25) is 0 Å². The summed E-state index contributed by atoms with van der Waals surface area (Å²) in [4.78, 5) is 0. The van der Waals surface area contributed by atoms with Crippen LogP contribution >= 0.6 is 11.6 Å². The van der Waals surface area contributed by atoms with Gasteiger partial charge in [-0.05, 0) is 26.5 Å². The number of aryl methyl sites for hydroxylation is 2. The molecule has 2 rings (SSSR count). The van der Waals surface area contributed by atoms with Crippen molar-refractivity contribution in [2.24, 2.45) is 0 Å². The number of ether oxygens (including phenoxy) is 1. The van der Waals surface area contributed by atoms with Crippen LogP contribution in [0.1, 0.15) is 36.7 Å². The number of halogens is 1. The zero-order chi connectivity index (χ0) is 15.4. The molecule has 0 amide bonds. The maximum absolute atomic E-state index is 6.38. The molecule has 2 aromatic rings. The molecular formula is C16H22ClN3O. The second kappa shape index (κ2) is 6.96. The lowest BCUT2D eigenvalue weighted by Gasteiger charge is -2.22. The quantitative estimate of drug-likeness (QED) is 0.886. The first-order valence-corrected chi connectivity index (χ1v) is 7.59. The van der Waals surface area contributed by atoms with Gasteiger partial charge in [-0.25, -0.2) is 0 Å². The predicted octanol–water partition coefficient (Wildman–Crippen LogP) is 3.57. The third-order valence-corrected chi connectivity index (χ3v) is 3.80. The van der Waals surface area contributed by atoms with E-state index in [1.807, 2.05) is 16.8 Å². The van der Waals surface area contributed by atoms with Gasteiger partial charge in [-0.1, -0.05) is 36.2 Å². The van der Waals surface area contributed by atoms with Crippen molar-refractivity contribution in [3.05, 3.63) is 46.2 Å². The maximum atomic E-state index is 6.38. The van der Waals surface area contributed by atoms with Gasteiger partial charge >= 0.3 is 0 Å². The van der Waals surface area contributed by atoms with Gasteiger partial charge < -0.3 is 10.1 Å². The average molecular weight is 308 g/mol. The van der Waals surface area contributed by atoms with Gasteiger partial charge in [-0.3, -0.25) is 4.68 Å². The van der Waals surface area contributed by atoms with E-state index in [1.54, 1.807) is 13.3 Å². The highest BCUT2D eigenvalue weighted by Crippen LogP contribution is 2.34.